The third kappa shape index (κ3) is 3.55. The van der Waals surface area contributed by atoms with Crippen LogP contribution in [0.2, 0.25) is 5.02 Å². The van der Waals surface area contributed by atoms with Crippen molar-refractivity contribution < 1.29 is 9.90 Å². The number of halogens is 1. The van der Waals surface area contributed by atoms with E-state index in [0.29, 0.717) is 22.8 Å². The zero-order chi connectivity index (χ0) is 16.1. The number of aromatic nitrogens is 2. The molecule has 1 heterocycles. The summed E-state index contributed by atoms with van der Waals surface area (Å²) in [7, 11) is 0. The molecule has 0 bridgehead atoms. The molecule has 0 aliphatic heterocycles. The molecule has 0 atom stereocenters. The molecule has 0 spiro atoms. The molecule has 5 nitrogen and oxygen atoms in total. The van der Waals surface area contributed by atoms with Crippen molar-refractivity contribution in [3.8, 4) is 5.69 Å². The number of carbonyl (C=O) groups is 1. The summed E-state index contributed by atoms with van der Waals surface area (Å²) in [6, 6.07) is 7.20. The van der Waals surface area contributed by atoms with Gasteiger partial charge >= 0.3 is 0 Å². The SMILES string of the molecule is C=CCN(CCO)C(=O)c1cn(-c2ccc(Cl)cc2)nc1C. The second kappa shape index (κ2) is 7.24. The number of amides is 1. The Labute approximate surface area is 134 Å². The van der Waals surface area contributed by atoms with Crippen molar-refractivity contribution in [2.45, 2.75) is 6.92 Å². The van der Waals surface area contributed by atoms with Crippen molar-refractivity contribution >= 4 is 17.5 Å². The van der Waals surface area contributed by atoms with Crippen LogP contribution in [0.15, 0.2) is 43.1 Å². The lowest BCUT2D eigenvalue weighted by Gasteiger charge is -2.19. The van der Waals surface area contributed by atoms with Crippen molar-refractivity contribution in [3.05, 3.63) is 59.4 Å². The first-order valence-electron chi connectivity index (χ1n) is 6.90. The van der Waals surface area contributed by atoms with E-state index in [0.717, 1.165) is 5.69 Å². The zero-order valence-electron chi connectivity index (χ0n) is 12.4. The van der Waals surface area contributed by atoms with E-state index < -0.39 is 0 Å². The van der Waals surface area contributed by atoms with Gasteiger partial charge in [-0.3, -0.25) is 4.79 Å². The van der Waals surface area contributed by atoms with Crippen LogP contribution in [0.25, 0.3) is 5.69 Å². The van der Waals surface area contributed by atoms with E-state index in [9.17, 15) is 4.79 Å². The van der Waals surface area contributed by atoms with E-state index in [4.69, 9.17) is 16.7 Å². The van der Waals surface area contributed by atoms with Gasteiger partial charge in [0.25, 0.3) is 5.91 Å². The van der Waals surface area contributed by atoms with Gasteiger partial charge in [-0.1, -0.05) is 17.7 Å². The van der Waals surface area contributed by atoms with E-state index >= 15 is 0 Å². The Morgan fingerprint density at radius 2 is 2.14 bits per heavy atom. The second-order valence-electron chi connectivity index (χ2n) is 4.81. The van der Waals surface area contributed by atoms with Crippen molar-refractivity contribution in [1.29, 1.82) is 0 Å². The molecule has 116 valence electrons. The van der Waals surface area contributed by atoms with Gasteiger partial charge in [-0.25, -0.2) is 4.68 Å². The average Bonchev–Trinajstić information content (AvgIpc) is 2.89. The van der Waals surface area contributed by atoms with Crippen molar-refractivity contribution in [1.82, 2.24) is 14.7 Å². The van der Waals surface area contributed by atoms with E-state index in [-0.39, 0.29) is 19.1 Å². The summed E-state index contributed by atoms with van der Waals surface area (Å²) in [4.78, 5) is 14.1. The summed E-state index contributed by atoms with van der Waals surface area (Å²) in [5.41, 5.74) is 1.96. The Bertz CT molecular complexity index is 665. The smallest absolute Gasteiger partial charge is 0.257 e. The van der Waals surface area contributed by atoms with Gasteiger partial charge in [-0.15, -0.1) is 6.58 Å². The monoisotopic (exact) mass is 319 g/mol. The molecule has 0 unspecified atom stereocenters. The summed E-state index contributed by atoms with van der Waals surface area (Å²) in [5.74, 6) is -0.174. The molecule has 0 saturated heterocycles. The standard InChI is InChI=1S/C16H18ClN3O2/c1-3-8-19(9-10-21)16(22)15-11-20(18-12(15)2)14-6-4-13(17)5-7-14/h3-7,11,21H,1,8-10H2,2H3. The van der Waals surface area contributed by atoms with E-state index in [2.05, 4.69) is 11.7 Å². The lowest BCUT2D eigenvalue weighted by molar-refractivity contribution is 0.0742. The number of aliphatic hydroxyl groups is 1. The maximum Gasteiger partial charge on any atom is 0.257 e. The fourth-order valence-electron chi connectivity index (χ4n) is 2.12. The highest BCUT2D eigenvalue weighted by atomic mass is 35.5. The first-order valence-corrected chi connectivity index (χ1v) is 7.28. The van der Waals surface area contributed by atoms with Crippen LogP contribution in [0.4, 0.5) is 0 Å². The Hall–Kier alpha value is -2.11. The van der Waals surface area contributed by atoms with Crippen LogP contribution >= 0.6 is 11.6 Å². The minimum Gasteiger partial charge on any atom is -0.395 e. The number of nitrogens with zero attached hydrogens (tertiary/aromatic N) is 3. The number of aryl methyl sites for hydroxylation is 1. The van der Waals surface area contributed by atoms with E-state index in [1.807, 2.05) is 12.1 Å². The third-order valence-electron chi connectivity index (χ3n) is 3.23. The molecule has 1 N–H and O–H groups in total. The first kappa shape index (κ1) is 16.3. The molecule has 1 amide bonds. The molecule has 6 heteroatoms. The normalized spacial score (nSPS) is 10.5. The maximum absolute atomic E-state index is 12.5. The van der Waals surface area contributed by atoms with Gasteiger partial charge in [0.2, 0.25) is 0 Å². The van der Waals surface area contributed by atoms with Crippen molar-refractivity contribution in [2.75, 3.05) is 19.7 Å². The highest BCUT2D eigenvalue weighted by Crippen LogP contribution is 2.16. The van der Waals surface area contributed by atoms with Gasteiger partial charge in [0, 0.05) is 24.3 Å². The molecule has 2 rings (SSSR count). The molecule has 0 radical (unpaired) electrons. The third-order valence-corrected chi connectivity index (χ3v) is 3.48. The predicted octanol–water partition coefficient (Wildman–Crippen LogP) is 2.45. The van der Waals surface area contributed by atoms with Crippen LogP contribution < -0.4 is 0 Å². The Morgan fingerprint density at radius 1 is 1.45 bits per heavy atom. The quantitative estimate of drug-likeness (QED) is 0.832. The Kier molecular flexibility index (Phi) is 5.35. The summed E-state index contributed by atoms with van der Waals surface area (Å²) in [6.07, 6.45) is 3.32. The number of hydrogen-bond acceptors (Lipinski definition) is 3. The lowest BCUT2D eigenvalue weighted by Crippen LogP contribution is -2.33. The van der Waals surface area contributed by atoms with Crippen LogP contribution in [0.3, 0.4) is 0 Å². The van der Waals surface area contributed by atoms with Crippen LogP contribution in [-0.2, 0) is 0 Å². The minimum atomic E-state index is -0.174. The lowest BCUT2D eigenvalue weighted by atomic mass is 10.2. The fraction of sp³-hybridized carbons (Fsp3) is 0.250. The van der Waals surface area contributed by atoms with E-state index in [1.165, 1.54) is 4.90 Å². The maximum atomic E-state index is 12.5. The topological polar surface area (TPSA) is 58.4 Å². The number of rotatable bonds is 6. The molecule has 0 aliphatic carbocycles. The van der Waals surface area contributed by atoms with Gasteiger partial charge in [-0.05, 0) is 31.2 Å². The van der Waals surface area contributed by atoms with Crippen molar-refractivity contribution in [3.63, 3.8) is 0 Å². The molecular weight excluding hydrogens is 302 g/mol. The minimum absolute atomic E-state index is 0.0933. The summed E-state index contributed by atoms with van der Waals surface area (Å²) < 4.78 is 1.64. The zero-order valence-corrected chi connectivity index (χ0v) is 13.1. The molecule has 1 aromatic heterocycles. The van der Waals surface area contributed by atoms with Gasteiger partial charge in [0.1, 0.15) is 0 Å². The number of aliphatic hydroxyl groups excluding tert-OH is 1. The van der Waals surface area contributed by atoms with Gasteiger partial charge in [0.05, 0.1) is 23.6 Å². The van der Waals surface area contributed by atoms with Crippen LogP contribution in [0, 0.1) is 6.92 Å². The van der Waals surface area contributed by atoms with Crippen molar-refractivity contribution in [2.24, 2.45) is 0 Å². The first-order chi connectivity index (χ1) is 10.6. The fourth-order valence-corrected chi connectivity index (χ4v) is 2.24. The number of hydrogen-bond donors (Lipinski definition) is 1. The number of carbonyl (C=O) groups excluding carboxylic acids is 1. The molecular formula is C16H18ClN3O2. The number of benzene rings is 1. The highest BCUT2D eigenvalue weighted by molar-refractivity contribution is 6.30. The molecule has 22 heavy (non-hydrogen) atoms. The molecule has 0 fully saturated rings. The van der Waals surface area contributed by atoms with Gasteiger partial charge in [0.15, 0.2) is 0 Å². The largest absolute Gasteiger partial charge is 0.395 e. The second-order valence-corrected chi connectivity index (χ2v) is 5.25. The van der Waals surface area contributed by atoms with Crippen LogP contribution in [0.1, 0.15) is 16.1 Å². The Morgan fingerprint density at radius 3 is 2.73 bits per heavy atom. The molecule has 0 aliphatic rings. The summed E-state index contributed by atoms with van der Waals surface area (Å²) in [5, 5.41) is 14.1. The van der Waals surface area contributed by atoms with Crippen LogP contribution in [0.5, 0.6) is 0 Å². The van der Waals surface area contributed by atoms with E-state index in [1.54, 1.807) is 36.0 Å². The molecule has 1 aromatic carbocycles. The summed E-state index contributed by atoms with van der Waals surface area (Å²) >= 11 is 5.87. The molecule has 0 saturated carbocycles. The summed E-state index contributed by atoms with van der Waals surface area (Å²) in [6.45, 7) is 5.96. The molecule has 2 aromatic rings. The van der Waals surface area contributed by atoms with Gasteiger partial charge in [-0.2, -0.15) is 5.10 Å². The average molecular weight is 320 g/mol. The predicted molar refractivity (Wildman–Crippen MR) is 86.5 cm³/mol. The highest BCUT2D eigenvalue weighted by Gasteiger charge is 2.19. The van der Waals surface area contributed by atoms with Gasteiger partial charge < -0.3 is 10.0 Å². The van der Waals surface area contributed by atoms with Crippen LogP contribution in [-0.4, -0.2) is 45.4 Å². The Balaban J connectivity index is 2.30.